The fraction of sp³-hybridized carbons (Fsp3) is 0.312. The number of aryl methyl sites for hydroxylation is 2. The van der Waals surface area contributed by atoms with Crippen molar-refractivity contribution in [3.8, 4) is 0 Å². The first-order valence-electron chi connectivity index (χ1n) is 7.22. The molecule has 3 aromatic rings. The zero-order chi connectivity index (χ0) is 15.0. The van der Waals surface area contributed by atoms with Gasteiger partial charge in [-0.1, -0.05) is 24.6 Å². The van der Waals surface area contributed by atoms with Crippen molar-refractivity contribution in [3.05, 3.63) is 46.9 Å². The van der Waals surface area contributed by atoms with Crippen molar-refractivity contribution in [1.29, 1.82) is 0 Å². The van der Waals surface area contributed by atoms with Crippen LogP contribution >= 0.6 is 11.6 Å². The molecule has 0 atom stereocenters. The number of aromatic nitrogens is 3. The summed E-state index contributed by atoms with van der Waals surface area (Å²) in [4.78, 5) is 0. The minimum atomic E-state index is 0.701. The lowest BCUT2D eigenvalue weighted by atomic mass is 10.2. The van der Waals surface area contributed by atoms with Crippen LogP contribution in [-0.2, 0) is 19.5 Å². The van der Waals surface area contributed by atoms with Crippen LogP contribution in [0.25, 0.3) is 10.9 Å². The molecule has 3 rings (SSSR count). The third-order valence-electron chi connectivity index (χ3n) is 3.81. The van der Waals surface area contributed by atoms with Gasteiger partial charge in [0.1, 0.15) is 0 Å². The van der Waals surface area contributed by atoms with E-state index < -0.39 is 0 Å². The molecule has 0 bridgehead atoms. The molecule has 0 radical (unpaired) electrons. The van der Waals surface area contributed by atoms with Gasteiger partial charge in [0.2, 0.25) is 0 Å². The Balaban J connectivity index is 2.06. The summed E-state index contributed by atoms with van der Waals surface area (Å²) in [6, 6.07) is 8.05. The minimum Gasteiger partial charge on any atom is -0.399 e. The van der Waals surface area contributed by atoms with Gasteiger partial charge in [0.25, 0.3) is 0 Å². The van der Waals surface area contributed by atoms with E-state index in [2.05, 4.69) is 35.8 Å². The van der Waals surface area contributed by atoms with Crippen LogP contribution in [0.3, 0.4) is 0 Å². The Bertz CT molecular complexity index is 785. The smallest absolute Gasteiger partial charge is 0.0868 e. The van der Waals surface area contributed by atoms with Crippen LogP contribution in [0.1, 0.15) is 25.2 Å². The maximum atomic E-state index is 6.49. The van der Waals surface area contributed by atoms with E-state index >= 15 is 0 Å². The fourth-order valence-electron chi connectivity index (χ4n) is 2.67. The van der Waals surface area contributed by atoms with E-state index in [0.717, 1.165) is 40.6 Å². The number of rotatable bonds is 4. The predicted octanol–water partition coefficient (Wildman–Crippen LogP) is 3.70. The molecule has 110 valence electrons. The first-order chi connectivity index (χ1) is 10.1. The van der Waals surface area contributed by atoms with Gasteiger partial charge < -0.3 is 10.3 Å². The van der Waals surface area contributed by atoms with Gasteiger partial charge in [0, 0.05) is 18.4 Å². The molecule has 0 aliphatic carbocycles. The summed E-state index contributed by atoms with van der Waals surface area (Å²) in [6.07, 6.45) is 2.91. The maximum absolute atomic E-state index is 6.49. The molecule has 0 aliphatic rings. The number of halogens is 1. The van der Waals surface area contributed by atoms with E-state index in [1.54, 1.807) is 0 Å². The maximum Gasteiger partial charge on any atom is 0.0868 e. The van der Waals surface area contributed by atoms with Crippen molar-refractivity contribution in [1.82, 2.24) is 14.3 Å². The molecule has 4 nitrogen and oxygen atoms in total. The first-order valence-corrected chi connectivity index (χ1v) is 7.60. The Labute approximate surface area is 129 Å². The Kier molecular flexibility index (Phi) is 3.64. The molecule has 5 heteroatoms. The zero-order valence-electron chi connectivity index (χ0n) is 12.3. The number of nitrogens with two attached hydrogens (primary N) is 1. The quantitative estimate of drug-likeness (QED) is 0.747. The summed E-state index contributed by atoms with van der Waals surface area (Å²) in [6.45, 7) is 5.67. The number of fused-ring (bicyclic) bond motifs is 1. The lowest BCUT2D eigenvalue weighted by molar-refractivity contribution is 0.599. The molecule has 0 saturated carbocycles. The number of nitrogens with zero attached hydrogens (tertiary/aromatic N) is 3. The van der Waals surface area contributed by atoms with Crippen LogP contribution < -0.4 is 5.73 Å². The van der Waals surface area contributed by atoms with Crippen molar-refractivity contribution in [2.75, 3.05) is 5.73 Å². The van der Waals surface area contributed by atoms with Crippen molar-refractivity contribution in [3.63, 3.8) is 0 Å². The van der Waals surface area contributed by atoms with E-state index in [4.69, 9.17) is 17.3 Å². The van der Waals surface area contributed by atoms with Gasteiger partial charge in [-0.2, -0.15) is 5.10 Å². The molecule has 2 heterocycles. The second-order valence-corrected chi connectivity index (χ2v) is 5.52. The van der Waals surface area contributed by atoms with Gasteiger partial charge >= 0.3 is 0 Å². The molecule has 2 aromatic heterocycles. The van der Waals surface area contributed by atoms with Gasteiger partial charge in [-0.05, 0) is 36.9 Å². The van der Waals surface area contributed by atoms with E-state index in [1.165, 1.54) is 5.39 Å². The number of anilines is 1. The summed E-state index contributed by atoms with van der Waals surface area (Å²) in [5, 5.41) is 6.53. The number of hydrogen-bond acceptors (Lipinski definition) is 2. The van der Waals surface area contributed by atoms with Crippen LogP contribution in [0.4, 0.5) is 5.69 Å². The first kappa shape index (κ1) is 14.0. The second-order valence-electron chi connectivity index (χ2n) is 5.14. The molecule has 0 saturated heterocycles. The van der Waals surface area contributed by atoms with Crippen LogP contribution in [0.5, 0.6) is 0 Å². The molecule has 0 amide bonds. The summed E-state index contributed by atoms with van der Waals surface area (Å²) < 4.78 is 4.15. The standard InChI is InChI=1S/C16H19ClN4/c1-3-13-16(17)15(21(4-2)19-13)10-20-8-7-11-5-6-12(18)9-14(11)20/h5-9H,3-4,10,18H2,1-2H3. The Morgan fingerprint density at radius 3 is 2.76 bits per heavy atom. The van der Waals surface area contributed by atoms with Gasteiger partial charge in [0.05, 0.1) is 28.5 Å². The van der Waals surface area contributed by atoms with Gasteiger partial charge in [-0.25, -0.2) is 0 Å². The summed E-state index contributed by atoms with van der Waals surface area (Å²) in [5.74, 6) is 0. The van der Waals surface area contributed by atoms with Gasteiger partial charge in [-0.15, -0.1) is 0 Å². The SMILES string of the molecule is CCc1nn(CC)c(Cn2ccc3ccc(N)cc32)c1Cl. The highest BCUT2D eigenvalue weighted by Gasteiger charge is 2.15. The predicted molar refractivity (Wildman–Crippen MR) is 87.7 cm³/mol. The Morgan fingerprint density at radius 2 is 2.05 bits per heavy atom. The van der Waals surface area contributed by atoms with Crippen molar-refractivity contribution in [2.24, 2.45) is 0 Å². The summed E-state index contributed by atoms with van der Waals surface area (Å²) in [7, 11) is 0. The monoisotopic (exact) mass is 302 g/mol. The number of nitrogen functional groups attached to an aromatic ring is 1. The van der Waals surface area contributed by atoms with Crippen LogP contribution in [0.2, 0.25) is 5.02 Å². The van der Waals surface area contributed by atoms with Crippen LogP contribution in [0.15, 0.2) is 30.5 Å². The highest BCUT2D eigenvalue weighted by atomic mass is 35.5. The Hall–Kier alpha value is -1.94. The molecule has 2 N–H and O–H groups in total. The average molecular weight is 303 g/mol. The second kappa shape index (κ2) is 5.45. The van der Waals surface area contributed by atoms with E-state index in [0.29, 0.717) is 6.54 Å². The summed E-state index contributed by atoms with van der Waals surface area (Å²) in [5.41, 5.74) is 9.80. The van der Waals surface area contributed by atoms with Crippen molar-refractivity contribution >= 4 is 28.2 Å². The molecule has 0 spiro atoms. The van der Waals surface area contributed by atoms with Crippen LogP contribution in [0, 0.1) is 0 Å². The van der Waals surface area contributed by atoms with Crippen molar-refractivity contribution in [2.45, 2.75) is 33.4 Å². The lowest BCUT2D eigenvalue weighted by Crippen LogP contribution is -2.07. The Morgan fingerprint density at radius 1 is 1.24 bits per heavy atom. The molecule has 0 fully saturated rings. The topological polar surface area (TPSA) is 48.8 Å². The van der Waals surface area contributed by atoms with Gasteiger partial charge in [0.15, 0.2) is 0 Å². The number of benzene rings is 1. The van der Waals surface area contributed by atoms with E-state index in [1.807, 2.05) is 22.9 Å². The van der Waals surface area contributed by atoms with E-state index in [9.17, 15) is 0 Å². The van der Waals surface area contributed by atoms with Crippen LogP contribution in [-0.4, -0.2) is 14.3 Å². The molecule has 1 aromatic carbocycles. The molecular weight excluding hydrogens is 284 g/mol. The molecule has 0 aliphatic heterocycles. The normalized spacial score (nSPS) is 11.4. The number of hydrogen-bond donors (Lipinski definition) is 1. The highest BCUT2D eigenvalue weighted by molar-refractivity contribution is 6.31. The third kappa shape index (κ3) is 2.40. The molecule has 21 heavy (non-hydrogen) atoms. The van der Waals surface area contributed by atoms with Gasteiger partial charge in [-0.3, -0.25) is 4.68 Å². The largest absolute Gasteiger partial charge is 0.399 e. The van der Waals surface area contributed by atoms with E-state index in [-0.39, 0.29) is 0 Å². The third-order valence-corrected chi connectivity index (χ3v) is 4.25. The zero-order valence-corrected chi connectivity index (χ0v) is 13.1. The lowest BCUT2D eigenvalue weighted by Gasteiger charge is -2.09. The molecule has 0 unspecified atom stereocenters. The average Bonchev–Trinajstić information content (AvgIpc) is 3.01. The highest BCUT2D eigenvalue weighted by Crippen LogP contribution is 2.25. The fourth-order valence-corrected chi connectivity index (χ4v) is 3.00. The van der Waals surface area contributed by atoms with Crippen molar-refractivity contribution < 1.29 is 0 Å². The summed E-state index contributed by atoms with van der Waals surface area (Å²) >= 11 is 6.49. The molecular formula is C16H19ClN4. The minimum absolute atomic E-state index is 0.701.